The zero-order valence-electron chi connectivity index (χ0n) is 35.5. The lowest BCUT2D eigenvalue weighted by Gasteiger charge is -2.46. The molecule has 0 N–H and O–H groups in total. The summed E-state index contributed by atoms with van der Waals surface area (Å²) in [6.07, 6.45) is -7.18. The molecule has 7 rings (SSSR count). The van der Waals surface area contributed by atoms with Gasteiger partial charge in [-0.15, -0.1) is 21.9 Å². The van der Waals surface area contributed by atoms with Crippen molar-refractivity contribution in [3.63, 3.8) is 0 Å². The quantitative estimate of drug-likeness (QED) is 0.0460. The largest absolute Gasteiger partial charge is 0.539 e. The first-order chi connectivity index (χ1) is 32.0. The van der Waals surface area contributed by atoms with Gasteiger partial charge >= 0.3 is 0 Å². The van der Waals surface area contributed by atoms with Gasteiger partial charge in [0.2, 0.25) is 5.82 Å². The molecule has 1 nitrogen and oxygen atoms in total. The molecule has 0 aliphatic heterocycles. The molecular weight excluding hydrogens is 994 g/mol. The van der Waals surface area contributed by atoms with Crippen molar-refractivity contribution >= 4 is 68.6 Å². The minimum absolute atomic E-state index is 0.0364. The van der Waals surface area contributed by atoms with Gasteiger partial charge in [-0.3, -0.25) is 0 Å². The number of rotatable bonds is 9. The average molecular weight is 1020 g/mol. The molecule has 0 aromatic heterocycles. The third kappa shape index (κ3) is 6.65. The van der Waals surface area contributed by atoms with E-state index in [4.69, 9.17) is 4.43 Å². The maximum Gasteiger partial charge on any atom is 0.259 e. The fourth-order valence-electron chi connectivity index (χ4n) is 10.1. The molecule has 366 valence electrons. The predicted molar refractivity (Wildman–Crippen MR) is 213 cm³/mol. The Hall–Kier alpha value is -6.07. The zero-order chi connectivity index (χ0) is 51.7. The number of halogens is 21. The third-order valence-corrected chi connectivity index (χ3v) is 18.8. The number of benzene rings is 7. The van der Waals surface area contributed by atoms with Crippen LogP contribution in [0.25, 0.3) is 32.3 Å². The van der Waals surface area contributed by atoms with Gasteiger partial charge in [0.1, 0.15) is 52.7 Å². The third-order valence-electron chi connectivity index (χ3n) is 12.8. The molecule has 0 aliphatic carbocycles. The SMILES string of the molecule is CC(C)[Si](Oc1c(F)c(F)c2c(F)c(F)c(F)c([B-](c3c(F)c(F)c(F)c(F)c3F)(c3c(F)c(F)c(F)c(F)c3F)c3c(F)c(F)c(F)c4c(F)c5c(F)cccc5cc34)c2c1F)(C(C)C)C(C)C. The van der Waals surface area contributed by atoms with Crippen LogP contribution in [-0.2, 0) is 0 Å². The molecule has 0 aliphatic rings. The highest BCUT2D eigenvalue weighted by atomic mass is 28.4. The summed E-state index contributed by atoms with van der Waals surface area (Å²) in [7, 11) is -4.06. The van der Waals surface area contributed by atoms with Crippen LogP contribution in [0.1, 0.15) is 41.5 Å². The van der Waals surface area contributed by atoms with Crippen molar-refractivity contribution in [1.82, 2.24) is 0 Å². The van der Waals surface area contributed by atoms with Crippen LogP contribution >= 0.6 is 0 Å². The van der Waals surface area contributed by atoms with Crippen molar-refractivity contribution in [2.75, 3.05) is 0 Å². The lowest BCUT2D eigenvalue weighted by molar-refractivity contribution is 0.381. The molecule has 0 atom stereocenters. The Balaban J connectivity index is 2.03. The summed E-state index contributed by atoms with van der Waals surface area (Å²) in [5.41, 5.74) is -15.4. The second-order valence-electron chi connectivity index (χ2n) is 16.9. The van der Waals surface area contributed by atoms with Crippen molar-refractivity contribution < 1.29 is 96.6 Å². The minimum Gasteiger partial charge on any atom is -0.539 e. The summed E-state index contributed by atoms with van der Waals surface area (Å²) in [6, 6.07) is 1.64. The van der Waals surface area contributed by atoms with Gasteiger partial charge < -0.3 is 4.43 Å². The molecule has 0 saturated heterocycles. The van der Waals surface area contributed by atoms with Crippen molar-refractivity contribution in [3.8, 4) is 5.75 Å². The normalized spacial score (nSPS) is 12.7. The standard InChI is InChI=1S/C45H25BF21OSi/c1-11(2)69(12(3)4,13(5)6)68-45-29(52)19-20(28(51)44(45)67)27(50)37(60)31(54)22(19)46(23-32(55)38(61)42(65)39(62)33(23)56,24-34(57)40(63)43(66)41(64)35(24)58)21-15-10-14-8-7-9-16(47)17(14)25(48)18(15)26(49)36(59)30(21)53/h7-13H,1-6H3/q-1. The van der Waals surface area contributed by atoms with E-state index in [1.54, 1.807) is 0 Å². The highest BCUT2D eigenvalue weighted by molar-refractivity contribution is 7.21. The van der Waals surface area contributed by atoms with Crippen LogP contribution in [0.4, 0.5) is 92.2 Å². The Labute approximate surface area is 375 Å². The molecule has 0 unspecified atom stereocenters. The Morgan fingerprint density at radius 3 is 1.14 bits per heavy atom. The summed E-state index contributed by atoms with van der Waals surface area (Å²) in [5.74, 6) is -69.7. The van der Waals surface area contributed by atoms with E-state index < -0.39 is 213 Å². The van der Waals surface area contributed by atoms with Gasteiger partial charge in [0.15, 0.2) is 75.6 Å². The van der Waals surface area contributed by atoms with Crippen LogP contribution in [0.2, 0.25) is 16.6 Å². The van der Waals surface area contributed by atoms with Gasteiger partial charge in [-0.2, -0.15) is 4.39 Å². The molecule has 24 heteroatoms. The molecular formula is C45H25BF21OSi-. The van der Waals surface area contributed by atoms with Crippen molar-refractivity contribution in [2.24, 2.45) is 0 Å². The van der Waals surface area contributed by atoms with E-state index >= 15 is 83.4 Å². The topological polar surface area (TPSA) is 9.23 Å². The molecule has 0 spiro atoms. The van der Waals surface area contributed by atoms with Crippen molar-refractivity contribution in [1.29, 1.82) is 0 Å². The van der Waals surface area contributed by atoms with Gasteiger partial charge in [-0.25, -0.2) is 87.8 Å². The summed E-state index contributed by atoms with van der Waals surface area (Å²) < 4.78 is 349. The van der Waals surface area contributed by atoms with E-state index in [1.165, 1.54) is 41.5 Å². The number of hydrogen-bond acceptors (Lipinski definition) is 1. The van der Waals surface area contributed by atoms with Crippen LogP contribution in [-0.4, -0.2) is 14.5 Å². The summed E-state index contributed by atoms with van der Waals surface area (Å²) >= 11 is 0. The maximum atomic E-state index is 17.9. The molecule has 0 heterocycles. The summed E-state index contributed by atoms with van der Waals surface area (Å²) in [5, 5.41) is -12.5. The molecule has 0 radical (unpaired) electrons. The summed E-state index contributed by atoms with van der Waals surface area (Å²) in [6.45, 7) is 8.37. The molecule has 69 heavy (non-hydrogen) atoms. The Morgan fingerprint density at radius 1 is 0.348 bits per heavy atom. The maximum absolute atomic E-state index is 17.9. The van der Waals surface area contributed by atoms with Crippen molar-refractivity contribution in [3.05, 3.63) is 146 Å². The second kappa shape index (κ2) is 17.1. The van der Waals surface area contributed by atoms with Gasteiger partial charge in [-0.05, 0) is 44.9 Å². The van der Waals surface area contributed by atoms with Crippen LogP contribution in [0.5, 0.6) is 5.75 Å². The van der Waals surface area contributed by atoms with E-state index in [9.17, 15) is 8.78 Å². The monoisotopic (exact) mass is 1020 g/mol. The second-order valence-corrected chi connectivity index (χ2v) is 22.3. The molecule has 7 aromatic carbocycles. The Morgan fingerprint density at radius 2 is 0.710 bits per heavy atom. The minimum atomic E-state index is -7.18. The highest BCUT2D eigenvalue weighted by Gasteiger charge is 2.53. The van der Waals surface area contributed by atoms with Crippen LogP contribution in [0.15, 0.2) is 24.3 Å². The van der Waals surface area contributed by atoms with Gasteiger partial charge in [0.25, 0.3) is 8.32 Å². The number of hydrogen-bond donors (Lipinski definition) is 0. The fourth-order valence-corrected chi connectivity index (χ4v) is 15.3. The molecule has 0 bridgehead atoms. The van der Waals surface area contributed by atoms with E-state index in [0.29, 0.717) is 18.2 Å². The predicted octanol–water partition coefficient (Wildman–Crippen LogP) is 13.0. The fraction of sp³-hybridized carbons (Fsp3) is 0.200. The average Bonchev–Trinajstić information content (AvgIpc) is 3.28. The van der Waals surface area contributed by atoms with Gasteiger partial charge in [0, 0.05) is 0 Å². The van der Waals surface area contributed by atoms with Crippen LogP contribution < -0.4 is 26.3 Å². The highest BCUT2D eigenvalue weighted by Crippen LogP contribution is 2.46. The molecule has 0 saturated carbocycles. The Bertz CT molecular complexity index is 3240. The van der Waals surface area contributed by atoms with Gasteiger partial charge in [-0.1, -0.05) is 53.7 Å². The van der Waals surface area contributed by atoms with Gasteiger partial charge in [0.05, 0.1) is 16.2 Å². The number of fused-ring (bicyclic) bond motifs is 3. The Kier molecular flexibility index (Phi) is 12.6. The van der Waals surface area contributed by atoms with Crippen LogP contribution in [0.3, 0.4) is 0 Å². The van der Waals surface area contributed by atoms with E-state index in [0.717, 1.165) is 0 Å². The van der Waals surface area contributed by atoms with E-state index in [1.807, 2.05) is 0 Å². The first-order valence-electron chi connectivity index (χ1n) is 19.9. The lowest BCUT2D eigenvalue weighted by atomic mass is 9.12. The lowest BCUT2D eigenvalue weighted by Crippen LogP contribution is -2.80. The van der Waals surface area contributed by atoms with E-state index in [-0.39, 0.29) is 6.07 Å². The first kappa shape index (κ1) is 50.8. The first-order valence-corrected chi connectivity index (χ1v) is 22.1. The van der Waals surface area contributed by atoms with Crippen LogP contribution in [0, 0.1) is 122 Å². The van der Waals surface area contributed by atoms with Crippen molar-refractivity contribution in [2.45, 2.75) is 58.2 Å². The molecule has 0 amide bonds. The summed E-state index contributed by atoms with van der Waals surface area (Å²) in [4.78, 5) is 0. The zero-order valence-corrected chi connectivity index (χ0v) is 36.5. The molecule has 0 fully saturated rings. The smallest absolute Gasteiger partial charge is 0.259 e. The molecule has 7 aromatic rings. The van der Waals surface area contributed by atoms with E-state index in [2.05, 4.69) is 0 Å².